The van der Waals surface area contributed by atoms with Crippen LogP contribution in [0.4, 0.5) is 0 Å². The standard InChI is InChI=1S/C18H23NO2/c1-5-18(3,4)15-6-8-16(9-7-15)21-17-12-14(13(2)20)10-11-19-17/h6-13,20H,5H2,1-4H3/t13-/m0/s1. The van der Waals surface area contributed by atoms with Gasteiger partial charge in [0.1, 0.15) is 5.75 Å². The molecule has 1 heterocycles. The predicted molar refractivity (Wildman–Crippen MR) is 84.7 cm³/mol. The first-order valence-corrected chi connectivity index (χ1v) is 7.35. The lowest BCUT2D eigenvalue weighted by Gasteiger charge is -2.23. The number of rotatable bonds is 5. The fourth-order valence-corrected chi connectivity index (χ4v) is 2.04. The summed E-state index contributed by atoms with van der Waals surface area (Å²) in [6.07, 6.45) is 2.21. The van der Waals surface area contributed by atoms with Crippen LogP contribution in [0.25, 0.3) is 0 Å². The Balaban J connectivity index is 2.15. The summed E-state index contributed by atoms with van der Waals surface area (Å²) in [5.41, 5.74) is 2.26. The summed E-state index contributed by atoms with van der Waals surface area (Å²) in [7, 11) is 0. The van der Waals surface area contributed by atoms with E-state index in [1.807, 2.05) is 12.1 Å². The van der Waals surface area contributed by atoms with Crippen molar-refractivity contribution in [2.24, 2.45) is 0 Å². The number of benzene rings is 1. The topological polar surface area (TPSA) is 42.4 Å². The van der Waals surface area contributed by atoms with Crippen LogP contribution in [0.1, 0.15) is 51.3 Å². The lowest BCUT2D eigenvalue weighted by Crippen LogP contribution is -2.14. The molecule has 2 rings (SSSR count). The van der Waals surface area contributed by atoms with Gasteiger partial charge in [-0.15, -0.1) is 0 Å². The molecule has 0 saturated carbocycles. The number of aliphatic hydroxyl groups is 1. The Morgan fingerprint density at radius 1 is 1.19 bits per heavy atom. The smallest absolute Gasteiger partial charge is 0.219 e. The van der Waals surface area contributed by atoms with Crippen LogP contribution in [0.15, 0.2) is 42.6 Å². The Kier molecular flexibility index (Phi) is 4.63. The molecule has 3 heteroatoms. The zero-order valence-electron chi connectivity index (χ0n) is 13.1. The Labute approximate surface area is 126 Å². The molecule has 0 fully saturated rings. The Morgan fingerprint density at radius 3 is 2.43 bits per heavy atom. The van der Waals surface area contributed by atoms with Crippen LogP contribution in [0.2, 0.25) is 0 Å². The quantitative estimate of drug-likeness (QED) is 0.872. The van der Waals surface area contributed by atoms with Gasteiger partial charge in [-0.25, -0.2) is 4.98 Å². The van der Waals surface area contributed by atoms with Gasteiger partial charge < -0.3 is 9.84 Å². The number of nitrogens with zero attached hydrogens (tertiary/aromatic N) is 1. The summed E-state index contributed by atoms with van der Waals surface area (Å²) in [6, 6.07) is 11.7. The highest BCUT2D eigenvalue weighted by Gasteiger charge is 2.17. The highest BCUT2D eigenvalue weighted by molar-refractivity contribution is 5.34. The molecule has 0 amide bonds. The minimum atomic E-state index is -0.525. The van der Waals surface area contributed by atoms with Crippen LogP contribution >= 0.6 is 0 Å². The molecule has 0 aliphatic heterocycles. The molecule has 21 heavy (non-hydrogen) atoms. The molecule has 0 aliphatic carbocycles. The summed E-state index contributed by atoms with van der Waals surface area (Å²) in [5.74, 6) is 1.25. The normalized spacial score (nSPS) is 13.0. The number of aromatic nitrogens is 1. The lowest BCUT2D eigenvalue weighted by atomic mass is 9.82. The van der Waals surface area contributed by atoms with Gasteiger partial charge in [0.05, 0.1) is 6.10 Å². The van der Waals surface area contributed by atoms with Crippen LogP contribution in [0.5, 0.6) is 11.6 Å². The zero-order chi connectivity index (χ0) is 15.5. The third-order valence-electron chi connectivity index (χ3n) is 3.98. The minimum Gasteiger partial charge on any atom is -0.439 e. The van der Waals surface area contributed by atoms with Gasteiger partial charge in [-0.2, -0.15) is 0 Å². The first-order chi connectivity index (χ1) is 9.92. The van der Waals surface area contributed by atoms with Crippen molar-refractivity contribution in [3.63, 3.8) is 0 Å². The van der Waals surface area contributed by atoms with E-state index in [1.54, 1.807) is 25.3 Å². The van der Waals surface area contributed by atoms with Crippen molar-refractivity contribution >= 4 is 0 Å². The fraction of sp³-hybridized carbons (Fsp3) is 0.389. The molecule has 1 aromatic carbocycles. The number of hydrogen-bond acceptors (Lipinski definition) is 3. The van der Waals surface area contributed by atoms with Crippen molar-refractivity contribution in [3.05, 3.63) is 53.7 Å². The second-order valence-corrected chi connectivity index (χ2v) is 5.97. The van der Waals surface area contributed by atoms with E-state index < -0.39 is 6.10 Å². The minimum absolute atomic E-state index is 0.170. The molecule has 0 saturated heterocycles. The lowest BCUT2D eigenvalue weighted by molar-refractivity contribution is 0.198. The van der Waals surface area contributed by atoms with Crippen LogP contribution < -0.4 is 4.74 Å². The number of pyridine rings is 1. The van der Waals surface area contributed by atoms with E-state index in [0.29, 0.717) is 5.88 Å². The third-order valence-corrected chi connectivity index (χ3v) is 3.98. The molecular formula is C18H23NO2. The van der Waals surface area contributed by atoms with Gasteiger partial charge in [0.25, 0.3) is 0 Å². The third kappa shape index (κ3) is 3.82. The monoisotopic (exact) mass is 285 g/mol. The first-order valence-electron chi connectivity index (χ1n) is 7.35. The second-order valence-electron chi connectivity index (χ2n) is 5.97. The Bertz CT molecular complexity index is 588. The molecule has 1 N–H and O–H groups in total. The molecule has 1 atom stereocenters. The summed E-state index contributed by atoms with van der Waals surface area (Å²) < 4.78 is 5.75. The molecule has 0 bridgehead atoms. The maximum absolute atomic E-state index is 9.58. The van der Waals surface area contributed by atoms with Crippen molar-refractivity contribution in [2.75, 3.05) is 0 Å². The molecule has 0 radical (unpaired) electrons. The highest BCUT2D eigenvalue weighted by atomic mass is 16.5. The van der Waals surface area contributed by atoms with E-state index in [2.05, 4.69) is 37.9 Å². The van der Waals surface area contributed by atoms with Gasteiger partial charge in [0.2, 0.25) is 5.88 Å². The first kappa shape index (κ1) is 15.5. The van der Waals surface area contributed by atoms with Crippen molar-refractivity contribution in [2.45, 2.75) is 45.6 Å². The van der Waals surface area contributed by atoms with E-state index in [1.165, 1.54) is 5.56 Å². The summed E-state index contributed by atoms with van der Waals surface area (Å²) in [6.45, 7) is 8.38. The van der Waals surface area contributed by atoms with Gasteiger partial charge in [-0.05, 0) is 48.1 Å². The summed E-state index contributed by atoms with van der Waals surface area (Å²) >= 11 is 0. The molecule has 0 spiro atoms. The van der Waals surface area contributed by atoms with Crippen molar-refractivity contribution in [3.8, 4) is 11.6 Å². The van der Waals surface area contributed by atoms with Gasteiger partial charge in [-0.3, -0.25) is 0 Å². The molecule has 0 unspecified atom stereocenters. The molecule has 2 aromatic rings. The molecule has 1 aromatic heterocycles. The van der Waals surface area contributed by atoms with Crippen LogP contribution in [-0.2, 0) is 5.41 Å². The highest BCUT2D eigenvalue weighted by Crippen LogP contribution is 2.29. The fourth-order valence-electron chi connectivity index (χ4n) is 2.04. The zero-order valence-corrected chi connectivity index (χ0v) is 13.1. The molecule has 0 aliphatic rings. The largest absolute Gasteiger partial charge is 0.439 e. The van der Waals surface area contributed by atoms with E-state index in [9.17, 15) is 5.11 Å². The maximum Gasteiger partial charge on any atom is 0.219 e. The summed E-state index contributed by atoms with van der Waals surface area (Å²) in [4.78, 5) is 4.17. The predicted octanol–water partition coefficient (Wildman–Crippen LogP) is 4.61. The van der Waals surface area contributed by atoms with E-state index in [4.69, 9.17) is 4.74 Å². The second kappa shape index (κ2) is 6.27. The van der Waals surface area contributed by atoms with Crippen LogP contribution in [0, 0.1) is 0 Å². The van der Waals surface area contributed by atoms with E-state index in [0.717, 1.165) is 17.7 Å². The van der Waals surface area contributed by atoms with Gasteiger partial charge in [0, 0.05) is 12.3 Å². The van der Waals surface area contributed by atoms with Crippen LogP contribution in [-0.4, -0.2) is 10.1 Å². The van der Waals surface area contributed by atoms with Crippen molar-refractivity contribution in [1.82, 2.24) is 4.98 Å². The van der Waals surface area contributed by atoms with Gasteiger partial charge >= 0.3 is 0 Å². The van der Waals surface area contributed by atoms with Crippen molar-refractivity contribution in [1.29, 1.82) is 0 Å². The van der Waals surface area contributed by atoms with Gasteiger partial charge in [0.15, 0.2) is 0 Å². The Hall–Kier alpha value is -1.87. The average molecular weight is 285 g/mol. The number of aliphatic hydroxyl groups excluding tert-OH is 1. The van der Waals surface area contributed by atoms with E-state index >= 15 is 0 Å². The van der Waals surface area contributed by atoms with Gasteiger partial charge in [-0.1, -0.05) is 32.9 Å². The Morgan fingerprint density at radius 2 is 1.86 bits per heavy atom. The van der Waals surface area contributed by atoms with Crippen molar-refractivity contribution < 1.29 is 9.84 Å². The molecule has 3 nitrogen and oxygen atoms in total. The number of ether oxygens (including phenoxy) is 1. The average Bonchev–Trinajstić information content (AvgIpc) is 2.48. The summed E-state index contributed by atoms with van der Waals surface area (Å²) in [5, 5.41) is 9.58. The van der Waals surface area contributed by atoms with Crippen LogP contribution in [0.3, 0.4) is 0 Å². The molecular weight excluding hydrogens is 262 g/mol. The molecule has 112 valence electrons. The maximum atomic E-state index is 9.58. The van der Waals surface area contributed by atoms with E-state index in [-0.39, 0.29) is 5.41 Å². The SMILES string of the molecule is CCC(C)(C)c1ccc(Oc2cc([C@H](C)O)ccn2)cc1. The number of hydrogen-bond donors (Lipinski definition) is 1.